The van der Waals surface area contributed by atoms with E-state index in [1.165, 1.54) is 11.8 Å². The molecule has 5 rings (SSSR count). The maximum atomic E-state index is 13.1. The Morgan fingerprint density at radius 2 is 1.56 bits per heavy atom. The quantitative estimate of drug-likeness (QED) is 0.204. The second-order valence-corrected chi connectivity index (χ2v) is 10.6. The van der Waals surface area contributed by atoms with Gasteiger partial charge < -0.3 is 19.9 Å². The predicted molar refractivity (Wildman–Crippen MR) is 152 cm³/mol. The molecule has 2 atom stereocenters. The molecular formula is C32H29NO5S. The van der Waals surface area contributed by atoms with Gasteiger partial charge in [-0.2, -0.15) is 0 Å². The summed E-state index contributed by atoms with van der Waals surface area (Å²) in [4.78, 5) is 29.7. The minimum Gasteiger partial charge on any atom is -0.511 e. The van der Waals surface area contributed by atoms with Crippen molar-refractivity contribution in [3.63, 3.8) is 0 Å². The summed E-state index contributed by atoms with van der Waals surface area (Å²) < 4.78 is 5.84. The molecule has 0 saturated carbocycles. The molecule has 1 aliphatic heterocycles. The average molecular weight is 540 g/mol. The largest absolute Gasteiger partial charge is 0.511 e. The lowest BCUT2D eigenvalue weighted by Crippen LogP contribution is -2.52. The highest BCUT2D eigenvalue weighted by atomic mass is 32.2. The molecule has 0 spiro atoms. The van der Waals surface area contributed by atoms with Gasteiger partial charge in [-0.05, 0) is 35.2 Å². The first-order chi connectivity index (χ1) is 19.0. The van der Waals surface area contributed by atoms with E-state index in [1.807, 2.05) is 78.9 Å². The molecule has 0 bridgehead atoms. The zero-order chi connectivity index (χ0) is 27.2. The molecule has 1 aromatic heterocycles. The lowest BCUT2D eigenvalue weighted by Gasteiger charge is -2.39. The lowest BCUT2D eigenvalue weighted by atomic mass is 9.70. The zero-order valence-electron chi connectivity index (χ0n) is 21.2. The number of H-pyrrole nitrogens is 1. The Labute approximate surface area is 231 Å². The van der Waals surface area contributed by atoms with Crippen LogP contribution < -0.4 is 0 Å². The van der Waals surface area contributed by atoms with E-state index < -0.39 is 23.5 Å². The Morgan fingerprint density at radius 3 is 2.21 bits per heavy atom. The zero-order valence-corrected chi connectivity index (χ0v) is 22.1. The molecule has 3 N–H and O–H groups in total. The third kappa shape index (κ3) is 5.64. The number of carbonyl (C=O) groups is 2. The van der Waals surface area contributed by atoms with Crippen LogP contribution in [0.4, 0.5) is 0 Å². The fraction of sp³-hybridized carbons (Fsp3) is 0.188. The number of aromatic nitrogens is 1. The average Bonchev–Trinajstić information content (AvgIpc) is 3.43. The van der Waals surface area contributed by atoms with Crippen LogP contribution in [0.3, 0.4) is 0 Å². The third-order valence-corrected chi connectivity index (χ3v) is 8.18. The van der Waals surface area contributed by atoms with Gasteiger partial charge in [0.2, 0.25) is 0 Å². The van der Waals surface area contributed by atoms with E-state index in [4.69, 9.17) is 4.74 Å². The van der Waals surface area contributed by atoms with Gasteiger partial charge in [-0.3, -0.25) is 4.79 Å². The minimum atomic E-state index is -1.62. The maximum Gasteiger partial charge on any atom is 0.348 e. The number of carboxylic acid groups (broad SMARTS) is 1. The summed E-state index contributed by atoms with van der Waals surface area (Å²) >= 11 is 1.23. The van der Waals surface area contributed by atoms with E-state index in [9.17, 15) is 19.8 Å². The Kier molecular flexibility index (Phi) is 7.89. The van der Waals surface area contributed by atoms with Crippen molar-refractivity contribution in [1.82, 2.24) is 4.98 Å². The number of aliphatic hydroxyl groups is 1. The lowest BCUT2D eigenvalue weighted by molar-refractivity contribution is -0.160. The number of aliphatic hydroxyl groups excluding tert-OH is 1. The molecule has 0 saturated heterocycles. The number of ether oxygens (including phenoxy) is 1. The fourth-order valence-electron chi connectivity index (χ4n) is 5.05. The molecule has 0 fully saturated rings. The number of rotatable bonds is 10. The number of carbonyl (C=O) groups excluding carboxylic acids is 1. The van der Waals surface area contributed by atoms with Gasteiger partial charge in [-0.1, -0.05) is 91.0 Å². The van der Waals surface area contributed by atoms with Crippen molar-refractivity contribution in [3.05, 3.63) is 131 Å². The summed E-state index contributed by atoms with van der Waals surface area (Å²) in [7, 11) is 0. The second-order valence-electron chi connectivity index (χ2n) is 9.54. The highest BCUT2D eigenvalue weighted by molar-refractivity contribution is 8.04. The number of aliphatic carboxylic acids is 1. The van der Waals surface area contributed by atoms with Crippen molar-refractivity contribution in [3.8, 4) is 11.3 Å². The number of hydrogen-bond acceptors (Lipinski definition) is 5. The van der Waals surface area contributed by atoms with Crippen molar-refractivity contribution < 1.29 is 24.5 Å². The number of thioether (sulfide) groups is 1. The second kappa shape index (κ2) is 11.7. The van der Waals surface area contributed by atoms with Crippen molar-refractivity contribution in [2.75, 3.05) is 5.75 Å². The van der Waals surface area contributed by atoms with Crippen molar-refractivity contribution in [2.45, 2.75) is 30.8 Å². The molecule has 0 amide bonds. The molecule has 2 unspecified atom stereocenters. The number of aromatic amines is 1. The molecule has 0 aliphatic carbocycles. The highest BCUT2D eigenvalue weighted by Crippen LogP contribution is 2.41. The van der Waals surface area contributed by atoms with Gasteiger partial charge in [-0.25, -0.2) is 4.79 Å². The number of cyclic esters (lactones) is 1. The van der Waals surface area contributed by atoms with E-state index in [1.54, 1.807) is 24.3 Å². The van der Waals surface area contributed by atoms with Crippen molar-refractivity contribution in [1.29, 1.82) is 0 Å². The third-order valence-electron chi connectivity index (χ3n) is 7.08. The summed E-state index contributed by atoms with van der Waals surface area (Å²) in [5, 5.41) is 21.7. The Balaban J connectivity index is 1.44. The van der Waals surface area contributed by atoms with Crippen LogP contribution >= 0.6 is 11.8 Å². The predicted octanol–water partition coefficient (Wildman–Crippen LogP) is 6.31. The summed E-state index contributed by atoms with van der Waals surface area (Å²) in [6.45, 7) is 0. The molecule has 1 aliphatic rings. The van der Waals surface area contributed by atoms with Crippen LogP contribution in [0.5, 0.6) is 0 Å². The van der Waals surface area contributed by atoms with Crippen LogP contribution in [0, 0.1) is 0 Å². The summed E-state index contributed by atoms with van der Waals surface area (Å²) in [6, 6.07) is 32.2. The Hall–Kier alpha value is -4.23. The van der Waals surface area contributed by atoms with Gasteiger partial charge in [0.15, 0.2) is 0 Å². The van der Waals surface area contributed by atoms with Gasteiger partial charge in [0.05, 0.1) is 0 Å². The number of aryl methyl sites for hydroxylation is 1. The molecular weight excluding hydrogens is 510 g/mol. The fourth-order valence-corrected chi connectivity index (χ4v) is 6.01. The number of hydrogen-bond donors (Lipinski definition) is 3. The number of benzene rings is 3. The number of esters is 1. The molecule has 2 heterocycles. The monoisotopic (exact) mass is 539 g/mol. The first-order valence-electron chi connectivity index (χ1n) is 12.8. The number of nitrogens with one attached hydrogen (secondary N) is 1. The van der Waals surface area contributed by atoms with Crippen LogP contribution in [0.2, 0.25) is 0 Å². The minimum absolute atomic E-state index is 0.0425. The standard InChI is InChI=1S/C32H29NO5S/c34-27-20-28(38-30(35)29(27)39-19-18-22-10-4-1-5-11-22)32(31(36)37,24-14-8-3-9-15-24)21-25-16-17-26(33-25)23-12-6-2-7-13-23/h1-17,28,33-34H,18-21H2,(H,36,37). The van der Waals surface area contributed by atoms with E-state index in [0.717, 1.165) is 23.2 Å². The SMILES string of the molecule is O=C1OC(C(Cc2ccc(-c3ccccc3)[nH]2)(C(=O)O)c2ccccc2)CC(O)=C1SCCc1ccccc1. The Morgan fingerprint density at radius 1 is 0.923 bits per heavy atom. The smallest absolute Gasteiger partial charge is 0.348 e. The van der Waals surface area contributed by atoms with E-state index in [0.29, 0.717) is 17.0 Å². The normalized spacial score (nSPS) is 16.9. The molecule has 39 heavy (non-hydrogen) atoms. The number of carboxylic acids is 1. The first kappa shape index (κ1) is 26.4. The van der Waals surface area contributed by atoms with Gasteiger partial charge in [-0.15, -0.1) is 11.8 Å². The van der Waals surface area contributed by atoms with Crippen LogP contribution in [0.1, 0.15) is 23.2 Å². The van der Waals surface area contributed by atoms with Crippen LogP contribution in [0.25, 0.3) is 11.3 Å². The summed E-state index contributed by atoms with van der Waals surface area (Å²) in [6.07, 6.45) is -0.432. The molecule has 0 radical (unpaired) electrons. The summed E-state index contributed by atoms with van der Waals surface area (Å²) in [5.41, 5.74) is 2.53. The first-order valence-corrected chi connectivity index (χ1v) is 13.8. The molecule has 6 nitrogen and oxygen atoms in total. The maximum absolute atomic E-state index is 13.1. The van der Waals surface area contributed by atoms with E-state index in [-0.39, 0.29) is 23.5 Å². The van der Waals surface area contributed by atoms with E-state index >= 15 is 0 Å². The van der Waals surface area contributed by atoms with Crippen LogP contribution in [0.15, 0.2) is 114 Å². The van der Waals surface area contributed by atoms with Crippen LogP contribution in [-0.2, 0) is 32.6 Å². The van der Waals surface area contributed by atoms with Gasteiger partial charge in [0.1, 0.15) is 22.2 Å². The van der Waals surface area contributed by atoms with Gasteiger partial charge in [0.25, 0.3) is 0 Å². The van der Waals surface area contributed by atoms with E-state index in [2.05, 4.69) is 4.98 Å². The Bertz CT molecular complexity index is 1470. The highest BCUT2D eigenvalue weighted by Gasteiger charge is 2.52. The molecule has 3 aromatic carbocycles. The van der Waals surface area contributed by atoms with Crippen LogP contribution in [-0.4, -0.2) is 39.0 Å². The van der Waals surface area contributed by atoms with Crippen molar-refractivity contribution >= 4 is 23.7 Å². The molecule has 198 valence electrons. The molecule has 4 aromatic rings. The topological polar surface area (TPSA) is 99.6 Å². The molecule has 7 heteroatoms. The summed E-state index contributed by atoms with van der Waals surface area (Å²) in [5.74, 6) is -1.38. The van der Waals surface area contributed by atoms with Gasteiger partial charge in [0, 0.05) is 30.0 Å². The van der Waals surface area contributed by atoms with Crippen molar-refractivity contribution in [2.24, 2.45) is 0 Å². The van der Waals surface area contributed by atoms with Gasteiger partial charge >= 0.3 is 11.9 Å².